The minimum absolute atomic E-state index is 0.370. The molecule has 0 heterocycles. The second-order valence-corrected chi connectivity index (χ2v) is 6.26. The molecule has 2 heteroatoms. The van der Waals surface area contributed by atoms with Crippen LogP contribution in [0.1, 0.15) is 58.3 Å². The number of nitriles is 1. The van der Waals surface area contributed by atoms with Crippen molar-refractivity contribution in [2.75, 3.05) is 13.1 Å². The normalized spacial score (nSPS) is 30.8. The zero-order valence-corrected chi connectivity index (χ0v) is 11.2. The van der Waals surface area contributed by atoms with E-state index in [0.717, 1.165) is 24.8 Å². The van der Waals surface area contributed by atoms with Gasteiger partial charge in [0.05, 0.1) is 6.07 Å². The predicted molar refractivity (Wildman–Crippen MR) is 70.5 cm³/mol. The van der Waals surface area contributed by atoms with Gasteiger partial charge in [0.1, 0.15) is 0 Å². The van der Waals surface area contributed by atoms with Crippen molar-refractivity contribution in [2.45, 2.75) is 58.3 Å². The van der Waals surface area contributed by atoms with Gasteiger partial charge in [0.2, 0.25) is 0 Å². The quantitative estimate of drug-likeness (QED) is 0.763. The van der Waals surface area contributed by atoms with Crippen LogP contribution in [-0.2, 0) is 0 Å². The first-order valence-electron chi connectivity index (χ1n) is 7.36. The molecule has 1 N–H and O–H groups in total. The molecule has 0 bridgehead atoms. The summed E-state index contributed by atoms with van der Waals surface area (Å²) >= 11 is 0. The van der Waals surface area contributed by atoms with E-state index in [1.165, 1.54) is 51.5 Å². The van der Waals surface area contributed by atoms with Crippen molar-refractivity contribution in [1.82, 2.24) is 5.32 Å². The van der Waals surface area contributed by atoms with Crippen molar-refractivity contribution in [3.05, 3.63) is 0 Å². The summed E-state index contributed by atoms with van der Waals surface area (Å²) in [6, 6.07) is 2.33. The standard InChI is InChI=1S/C15H26N2/c1-2-13-3-5-14(6-4-13)11-17-12-15(7-8-15)9-10-16/h13-14,17H,2-9,11-12H2,1H3. The summed E-state index contributed by atoms with van der Waals surface area (Å²) in [6.07, 6.45) is 10.3. The lowest BCUT2D eigenvalue weighted by molar-refractivity contribution is 0.258. The zero-order chi connectivity index (χ0) is 12.1. The minimum Gasteiger partial charge on any atom is -0.316 e. The highest BCUT2D eigenvalue weighted by Gasteiger charge is 2.41. The van der Waals surface area contributed by atoms with Gasteiger partial charge in [-0.05, 0) is 49.5 Å². The smallest absolute Gasteiger partial charge is 0.0628 e. The van der Waals surface area contributed by atoms with Crippen molar-refractivity contribution in [3.8, 4) is 6.07 Å². The Bertz CT molecular complexity index is 267. The number of hydrogen-bond acceptors (Lipinski definition) is 2. The third kappa shape index (κ3) is 3.71. The van der Waals surface area contributed by atoms with E-state index < -0.39 is 0 Å². The summed E-state index contributed by atoms with van der Waals surface area (Å²) in [5.74, 6) is 1.90. The van der Waals surface area contributed by atoms with Gasteiger partial charge in [-0.3, -0.25) is 0 Å². The topological polar surface area (TPSA) is 35.8 Å². The van der Waals surface area contributed by atoms with Crippen molar-refractivity contribution in [1.29, 1.82) is 5.26 Å². The maximum Gasteiger partial charge on any atom is 0.0628 e. The Labute approximate surface area is 106 Å². The molecule has 2 aliphatic carbocycles. The van der Waals surface area contributed by atoms with Crippen LogP contribution in [-0.4, -0.2) is 13.1 Å². The monoisotopic (exact) mass is 234 g/mol. The molecule has 2 rings (SSSR count). The Kier molecular flexibility index (Phi) is 4.45. The predicted octanol–water partition coefficient (Wildman–Crippen LogP) is 3.49. The Balaban J connectivity index is 1.59. The van der Waals surface area contributed by atoms with Crippen LogP contribution in [0.25, 0.3) is 0 Å². The van der Waals surface area contributed by atoms with Crippen molar-refractivity contribution >= 4 is 0 Å². The van der Waals surface area contributed by atoms with Crippen molar-refractivity contribution in [3.63, 3.8) is 0 Å². The average molecular weight is 234 g/mol. The molecule has 0 aromatic rings. The second kappa shape index (κ2) is 5.87. The van der Waals surface area contributed by atoms with E-state index in [4.69, 9.17) is 5.26 Å². The van der Waals surface area contributed by atoms with Gasteiger partial charge in [-0.15, -0.1) is 0 Å². The summed E-state index contributed by atoms with van der Waals surface area (Å²) in [4.78, 5) is 0. The van der Waals surface area contributed by atoms with Gasteiger partial charge in [-0.2, -0.15) is 5.26 Å². The molecule has 2 saturated carbocycles. The fourth-order valence-electron chi connectivity index (χ4n) is 3.15. The molecule has 0 spiro atoms. The number of nitrogens with zero attached hydrogens (tertiary/aromatic N) is 1. The van der Waals surface area contributed by atoms with Crippen LogP contribution < -0.4 is 5.32 Å². The molecular weight excluding hydrogens is 208 g/mol. The van der Waals surface area contributed by atoms with Gasteiger partial charge in [0, 0.05) is 13.0 Å². The van der Waals surface area contributed by atoms with E-state index in [1.54, 1.807) is 0 Å². The maximum absolute atomic E-state index is 8.77. The molecule has 0 saturated heterocycles. The highest BCUT2D eigenvalue weighted by molar-refractivity contribution is 5.00. The lowest BCUT2D eigenvalue weighted by Gasteiger charge is -2.28. The summed E-state index contributed by atoms with van der Waals surface area (Å²) in [6.45, 7) is 4.58. The van der Waals surface area contributed by atoms with Gasteiger partial charge < -0.3 is 5.32 Å². The van der Waals surface area contributed by atoms with E-state index in [2.05, 4.69) is 18.3 Å². The Morgan fingerprint density at radius 2 is 1.82 bits per heavy atom. The van der Waals surface area contributed by atoms with E-state index in [0.29, 0.717) is 5.41 Å². The van der Waals surface area contributed by atoms with Crippen LogP contribution in [0.2, 0.25) is 0 Å². The van der Waals surface area contributed by atoms with Crippen LogP contribution in [0.4, 0.5) is 0 Å². The molecule has 0 atom stereocenters. The number of nitrogens with one attached hydrogen (secondary N) is 1. The van der Waals surface area contributed by atoms with Gasteiger partial charge in [-0.25, -0.2) is 0 Å². The fraction of sp³-hybridized carbons (Fsp3) is 0.933. The maximum atomic E-state index is 8.77. The van der Waals surface area contributed by atoms with Crippen LogP contribution >= 0.6 is 0 Å². The van der Waals surface area contributed by atoms with Gasteiger partial charge in [0.15, 0.2) is 0 Å². The fourth-order valence-corrected chi connectivity index (χ4v) is 3.15. The number of hydrogen-bond donors (Lipinski definition) is 1. The van der Waals surface area contributed by atoms with Crippen LogP contribution in [0.5, 0.6) is 0 Å². The summed E-state index contributed by atoms with van der Waals surface area (Å²) < 4.78 is 0. The Morgan fingerprint density at radius 1 is 1.18 bits per heavy atom. The highest BCUT2D eigenvalue weighted by atomic mass is 14.9. The molecule has 96 valence electrons. The lowest BCUT2D eigenvalue weighted by Crippen LogP contribution is -2.30. The summed E-state index contributed by atoms with van der Waals surface area (Å²) in [5, 5.41) is 12.4. The third-order valence-electron chi connectivity index (χ3n) is 4.89. The largest absolute Gasteiger partial charge is 0.316 e. The highest BCUT2D eigenvalue weighted by Crippen LogP contribution is 2.47. The summed E-state index contributed by atoms with van der Waals surface area (Å²) in [5.41, 5.74) is 0.370. The van der Waals surface area contributed by atoms with E-state index in [1.807, 2.05) is 0 Å². The first-order valence-corrected chi connectivity index (χ1v) is 7.36. The molecular formula is C15H26N2. The minimum atomic E-state index is 0.370. The van der Waals surface area contributed by atoms with E-state index in [9.17, 15) is 0 Å². The molecule has 0 unspecified atom stereocenters. The second-order valence-electron chi connectivity index (χ2n) is 6.26. The lowest BCUT2D eigenvalue weighted by atomic mass is 9.81. The van der Waals surface area contributed by atoms with Gasteiger partial charge >= 0.3 is 0 Å². The third-order valence-corrected chi connectivity index (χ3v) is 4.89. The SMILES string of the molecule is CCC1CCC(CNCC2(CC#N)CC2)CC1. The van der Waals surface area contributed by atoms with Crippen molar-refractivity contribution in [2.24, 2.45) is 17.3 Å². The molecule has 0 aromatic carbocycles. The molecule has 2 aliphatic rings. The number of rotatable bonds is 6. The zero-order valence-electron chi connectivity index (χ0n) is 11.2. The van der Waals surface area contributed by atoms with E-state index >= 15 is 0 Å². The van der Waals surface area contributed by atoms with Crippen LogP contribution in [0, 0.1) is 28.6 Å². The molecule has 0 aromatic heterocycles. The van der Waals surface area contributed by atoms with Crippen LogP contribution in [0.3, 0.4) is 0 Å². The van der Waals surface area contributed by atoms with Gasteiger partial charge in [-0.1, -0.05) is 26.2 Å². The first-order chi connectivity index (χ1) is 8.28. The molecule has 0 aliphatic heterocycles. The summed E-state index contributed by atoms with van der Waals surface area (Å²) in [7, 11) is 0. The molecule has 17 heavy (non-hydrogen) atoms. The molecule has 2 nitrogen and oxygen atoms in total. The first kappa shape index (κ1) is 12.9. The Morgan fingerprint density at radius 3 is 2.35 bits per heavy atom. The molecule has 0 radical (unpaired) electrons. The van der Waals surface area contributed by atoms with Crippen LogP contribution in [0.15, 0.2) is 0 Å². The average Bonchev–Trinajstić information content (AvgIpc) is 3.11. The molecule has 0 amide bonds. The van der Waals surface area contributed by atoms with Crippen molar-refractivity contribution < 1.29 is 0 Å². The Hall–Kier alpha value is -0.550. The van der Waals surface area contributed by atoms with E-state index in [-0.39, 0.29) is 0 Å². The molecule has 2 fully saturated rings. The van der Waals surface area contributed by atoms with Gasteiger partial charge in [0.25, 0.3) is 0 Å².